The highest BCUT2D eigenvalue weighted by molar-refractivity contribution is 8.00. The van der Waals surface area contributed by atoms with E-state index in [2.05, 4.69) is 0 Å². The minimum absolute atomic E-state index is 0.0775. The zero-order valence-electron chi connectivity index (χ0n) is 11.5. The van der Waals surface area contributed by atoms with Gasteiger partial charge in [0.1, 0.15) is 11.2 Å². The van der Waals surface area contributed by atoms with Crippen LogP contribution in [0.5, 0.6) is 0 Å². The summed E-state index contributed by atoms with van der Waals surface area (Å²) in [6, 6.07) is 12.2. The molecule has 0 saturated carbocycles. The van der Waals surface area contributed by atoms with Crippen molar-refractivity contribution in [2.24, 2.45) is 0 Å². The van der Waals surface area contributed by atoms with Gasteiger partial charge in [-0.2, -0.15) is 0 Å². The standard InChI is InChI=1S/C16H15FN2OS/c1-10-2-7-13(17)14(8-10)19-15(20)9-21-16(19)11-3-5-12(18)6-4-11/h2-8,16H,9,18H2,1H3/t16-/m0/s1. The zero-order valence-corrected chi connectivity index (χ0v) is 12.4. The van der Waals surface area contributed by atoms with E-state index in [1.807, 2.05) is 19.1 Å². The summed E-state index contributed by atoms with van der Waals surface area (Å²) in [6.45, 7) is 1.88. The van der Waals surface area contributed by atoms with Gasteiger partial charge in [-0.1, -0.05) is 18.2 Å². The smallest absolute Gasteiger partial charge is 0.238 e. The molecule has 3 rings (SSSR count). The van der Waals surface area contributed by atoms with E-state index >= 15 is 0 Å². The topological polar surface area (TPSA) is 46.3 Å². The lowest BCUT2D eigenvalue weighted by Gasteiger charge is -2.25. The van der Waals surface area contributed by atoms with Crippen molar-refractivity contribution in [3.05, 3.63) is 59.4 Å². The van der Waals surface area contributed by atoms with E-state index in [1.54, 1.807) is 29.2 Å². The van der Waals surface area contributed by atoms with E-state index in [4.69, 9.17) is 5.73 Å². The molecule has 5 heteroatoms. The zero-order chi connectivity index (χ0) is 15.0. The highest BCUT2D eigenvalue weighted by Gasteiger charge is 2.35. The highest BCUT2D eigenvalue weighted by atomic mass is 32.2. The van der Waals surface area contributed by atoms with Crippen LogP contribution in [-0.2, 0) is 4.79 Å². The maximum atomic E-state index is 14.1. The Kier molecular flexibility index (Phi) is 3.59. The fourth-order valence-corrected chi connectivity index (χ4v) is 3.57. The second-order valence-corrected chi connectivity index (χ2v) is 6.12. The van der Waals surface area contributed by atoms with Gasteiger partial charge in [0.05, 0.1) is 11.4 Å². The van der Waals surface area contributed by atoms with Crippen LogP contribution in [0.2, 0.25) is 0 Å². The number of hydrogen-bond acceptors (Lipinski definition) is 3. The Morgan fingerprint density at radius 3 is 2.67 bits per heavy atom. The van der Waals surface area contributed by atoms with Gasteiger partial charge in [-0.05, 0) is 42.3 Å². The van der Waals surface area contributed by atoms with E-state index < -0.39 is 0 Å². The largest absolute Gasteiger partial charge is 0.399 e. The summed E-state index contributed by atoms with van der Waals surface area (Å²) in [5.41, 5.74) is 8.57. The van der Waals surface area contributed by atoms with Gasteiger partial charge in [0, 0.05) is 5.69 Å². The molecule has 2 aromatic rings. The van der Waals surface area contributed by atoms with Gasteiger partial charge in [-0.3, -0.25) is 9.69 Å². The normalized spacial score (nSPS) is 18.3. The number of rotatable bonds is 2. The van der Waals surface area contributed by atoms with Crippen molar-refractivity contribution >= 4 is 29.0 Å². The van der Waals surface area contributed by atoms with Crippen LogP contribution in [0.4, 0.5) is 15.8 Å². The number of nitrogen functional groups attached to an aromatic ring is 1. The van der Waals surface area contributed by atoms with Crippen molar-refractivity contribution in [1.29, 1.82) is 0 Å². The molecule has 1 atom stereocenters. The first-order valence-corrected chi connectivity index (χ1v) is 7.66. The number of aryl methyl sites for hydroxylation is 1. The van der Waals surface area contributed by atoms with E-state index in [0.29, 0.717) is 17.1 Å². The lowest BCUT2D eigenvalue weighted by molar-refractivity contribution is -0.115. The number of nitrogens with zero attached hydrogens (tertiary/aromatic N) is 1. The summed E-state index contributed by atoms with van der Waals surface area (Å²) < 4.78 is 14.1. The van der Waals surface area contributed by atoms with Crippen LogP contribution in [0.25, 0.3) is 0 Å². The van der Waals surface area contributed by atoms with Crippen molar-refractivity contribution in [3.63, 3.8) is 0 Å². The number of hydrogen-bond donors (Lipinski definition) is 1. The molecule has 3 nitrogen and oxygen atoms in total. The lowest BCUT2D eigenvalue weighted by Crippen LogP contribution is -2.28. The molecule has 0 unspecified atom stereocenters. The van der Waals surface area contributed by atoms with Gasteiger partial charge in [0.15, 0.2) is 0 Å². The average molecular weight is 302 g/mol. The van der Waals surface area contributed by atoms with Crippen LogP contribution < -0.4 is 10.6 Å². The molecule has 0 bridgehead atoms. The number of halogens is 1. The third kappa shape index (κ3) is 2.61. The molecule has 1 aliphatic heterocycles. The Bertz CT molecular complexity index is 687. The third-order valence-corrected chi connectivity index (χ3v) is 4.66. The molecule has 1 fully saturated rings. The predicted molar refractivity (Wildman–Crippen MR) is 84.7 cm³/mol. The van der Waals surface area contributed by atoms with E-state index in [1.165, 1.54) is 17.8 Å². The minimum atomic E-state index is -0.378. The second-order valence-electron chi connectivity index (χ2n) is 5.05. The summed E-state index contributed by atoms with van der Waals surface area (Å²) in [7, 11) is 0. The Hall–Kier alpha value is -2.01. The molecule has 1 saturated heterocycles. The molecule has 21 heavy (non-hydrogen) atoms. The van der Waals surface area contributed by atoms with E-state index in [0.717, 1.165) is 11.1 Å². The Morgan fingerprint density at radius 2 is 1.95 bits per heavy atom. The monoisotopic (exact) mass is 302 g/mol. The summed E-state index contributed by atoms with van der Waals surface area (Å²) >= 11 is 1.50. The van der Waals surface area contributed by atoms with Crippen molar-refractivity contribution in [2.75, 3.05) is 16.4 Å². The van der Waals surface area contributed by atoms with Gasteiger partial charge >= 0.3 is 0 Å². The Labute approximate surface area is 126 Å². The van der Waals surface area contributed by atoms with Crippen molar-refractivity contribution in [1.82, 2.24) is 0 Å². The van der Waals surface area contributed by atoms with Gasteiger partial charge in [-0.15, -0.1) is 11.8 Å². The molecular weight excluding hydrogens is 287 g/mol. The summed E-state index contributed by atoms with van der Waals surface area (Å²) in [4.78, 5) is 13.7. The van der Waals surface area contributed by atoms with Crippen LogP contribution >= 0.6 is 11.8 Å². The van der Waals surface area contributed by atoms with Crippen LogP contribution in [0, 0.1) is 12.7 Å². The number of carbonyl (C=O) groups is 1. The average Bonchev–Trinajstić information content (AvgIpc) is 2.84. The SMILES string of the molecule is Cc1ccc(F)c(N2C(=O)CS[C@H]2c2ccc(N)cc2)c1. The molecule has 0 aliphatic carbocycles. The molecular formula is C16H15FN2OS. The van der Waals surface area contributed by atoms with Gasteiger partial charge in [0.25, 0.3) is 0 Å². The summed E-state index contributed by atoms with van der Waals surface area (Å²) in [6.07, 6.45) is 0. The first-order valence-electron chi connectivity index (χ1n) is 6.61. The number of benzene rings is 2. The lowest BCUT2D eigenvalue weighted by atomic mass is 10.1. The van der Waals surface area contributed by atoms with Crippen molar-refractivity contribution in [3.8, 4) is 0 Å². The maximum Gasteiger partial charge on any atom is 0.238 e. The number of anilines is 2. The number of thioether (sulfide) groups is 1. The first-order chi connectivity index (χ1) is 10.1. The van der Waals surface area contributed by atoms with Crippen LogP contribution in [0.15, 0.2) is 42.5 Å². The highest BCUT2D eigenvalue weighted by Crippen LogP contribution is 2.42. The number of amides is 1. The third-order valence-electron chi connectivity index (χ3n) is 3.45. The molecule has 2 N–H and O–H groups in total. The predicted octanol–water partition coefficient (Wildman–Crippen LogP) is 3.49. The number of carbonyl (C=O) groups excluding carboxylic acids is 1. The van der Waals surface area contributed by atoms with Crippen LogP contribution in [0.1, 0.15) is 16.5 Å². The number of nitrogens with two attached hydrogens (primary N) is 1. The molecule has 1 heterocycles. The van der Waals surface area contributed by atoms with Crippen molar-refractivity contribution in [2.45, 2.75) is 12.3 Å². The summed E-state index contributed by atoms with van der Waals surface area (Å²) in [5.74, 6) is -0.106. The van der Waals surface area contributed by atoms with Gasteiger partial charge in [-0.25, -0.2) is 4.39 Å². The molecule has 0 radical (unpaired) electrons. The first kappa shape index (κ1) is 13.9. The van der Waals surface area contributed by atoms with E-state index in [-0.39, 0.29) is 17.1 Å². The quantitative estimate of drug-likeness (QED) is 0.864. The minimum Gasteiger partial charge on any atom is -0.399 e. The molecule has 0 spiro atoms. The molecule has 1 aliphatic rings. The Morgan fingerprint density at radius 1 is 1.24 bits per heavy atom. The molecule has 1 amide bonds. The molecule has 108 valence electrons. The van der Waals surface area contributed by atoms with Crippen molar-refractivity contribution < 1.29 is 9.18 Å². The maximum absolute atomic E-state index is 14.1. The van der Waals surface area contributed by atoms with Crippen LogP contribution in [-0.4, -0.2) is 11.7 Å². The van der Waals surface area contributed by atoms with Crippen LogP contribution in [0.3, 0.4) is 0 Å². The fraction of sp³-hybridized carbons (Fsp3) is 0.188. The second kappa shape index (κ2) is 5.41. The Balaban J connectivity index is 2.03. The summed E-state index contributed by atoms with van der Waals surface area (Å²) in [5, 5.41) is -0.214. The van der Waals surface area contributed by atoms with E-state index in [9.17, 15) is 9.18 Å². The van der Waals surface area contributed by atoms with Gasteiger partial charge < -0.3 is 5.73 Å². The molecule has 0 aromatic heterocycles. The fourth-order valence-electron chi connectivity index (χ4n) is 2.40. The molecule has 2 aromatic carbocycles. The van der Waals surface area contributed by atoms with Gasteiger partial charge in [0.2, 0.25) is 5.91 Å².